The number of benzene rings is 1. The molecule has 1 aromatic rings. The third-order valence-electron chi connectivity index (χ3n) is 4.63. The largest absolute Gasteiger partial charge is 0.462 e. The van der Waals surface area contributed by atoms with Crippen LogP contribution in [0.5, 0.6) is 0 Å². The maximum Gasteiger partial charge on any atom is 0.338 e. The first kappa shape index (κ1) is 21.3. The summed E-state index contributed by atoms with van der Waals surface area (Å²) in [5, 5.41) is 2.84. The number of carbonyl (C=O) groups excluding carboxylic acids is 2. The topological polar surface area (TPSA) is 96.0 Å². The minimum atomic E-state index is -3.55. The molecule has 1 heterocycles. The lowest BCUT2D eigenvalue weighted by Crippen LogP contribution is -2.47. The number of rotatable bonds is 6. The lowest BCUT2D eigenvalue weighted by molar-refractivity contribution is -0.120. The number of carbonyl (C=O) groups is 2. The van der Waals surface area contributed by atoms with Gasteiger partial charge in [-0.05, 0) is 44.4 Å². The van der Waals surface area contributed by atoms with Crippen LogP contribution < -0.4 is 5.32 Å². The Morgan fingerprint density at radius 2 is 2.04 bits per heavy atom. The van der Waals surface area contributed by atoms with Crippen molar-refractivity contribution in [3.63, 3.8) is 0 Å². The second kappa shape index (κ2) is 8.81. The van der Waals surface area contributed by atoms with Gasteiger partial charge in [0.2, 0.25) is 5.91 Å². The van der Waals surface area contributed by atoms with Crippen LogP contribution in [0.1, 0.15) is 35.7 Å². The summed E-state index contributed by atoms with van der Waals surface area (Å²) < 4.78 is 32.2. The van der Waals surface area contributed by atoms with Crippen molar-refractivity contribution in [1.29, 1.82) is 0 Å². The Bertz CT molecular complexity index is 807. The van der Waals surface area contributed by atoms with Gasteiger partial charge in [-0.1, -0.05) is 6.07 Å². The molecule has 1 amide bonds. The molecule has 0 aliphatic carbocycles. The van der Waals surface area contributed by atoms with Gasteiger partial charge in [0.25, 0.3) is 10.2 Å². The van der Waals surface area contributed by atoms with Gasteiger partial charge >= 0.3 is 5.97 Å². The van der Waals surface area contributed by atoms with Crippen LogP contribution in [0.2, 0.25) is 0 Å². The van der Waals surface area contributed by atoms with E-state index in [1.54, 1.807) is 32.0 Å². The molecule has 0 radical (unpaired) electrons. The zero-order valence-electron chi connectivity index (χ0n) is 16.2. The highest BCUT2D eigenvalue weighted by molar-refractivity contribution is 7.86. The molecule has 150 valence electrons. The number of nitrogens with zero attached hydrogens (tertiary/aromatic N) is 2. The fraction of sp³-hybridized carbons (Fsp3) is 0.556. The Balaban J connectivity index is 2.13. The van der Waals surface area contributed by atoms with E-state index in [1.165, 1.54) is 18.4 Å². The fourth-order valence-electron chi connectivity index (χ4n) is 3.03. The predicted octanol–water partition coefficient (Wildman–Crippen LogP) is 1.63. The number of amides is 1. The van der Waals surface area contributed by atoms with Gasteiger partial charge in [-0.3, -0.25) is 4.79 Å². The van der Waals surface area contributed by atoms with E-state index in [4.69, 9.17) is 4.74 Å². The lowest BCUT2D eigenvalue weighted by atomic mass is 9.98. The second-order valence-corrected chi connectivity index (χ2v) is 8.82. The molecular formula is C18H27N3O5S. The van der Waals surface area contributed by atoms with Crippen LogP contribution in [0, 0.1) is 12.8 Å². The molecule has 1 aromatic carbocycles. The van der Waals surface area contributed by atoms with E-state index in [1.807, 2.05) is 0 Å². The number of nitrogens with one attached hydrogen (secondary N) is 1. The van der Waals surface area contributed by atoms with Crippen molar-refractivity contribution >= 4 is 27.8 Å². The van der Waals surface area contributed by atoms with Crippen LogP contribution in [0.25, 0.3) is 0 Å². The normalized spacial score (nSPS) is 18.3. The van der Waals surface area contributed by atoms with E-state index in [2.05, 4.69) is 5.32 Å². The van der Waals surface area contributed by atoms with Gasteiger partial charge in [-0.25, -0.2) is 4.79 Å². The number of piperidine rings is 1. The van der Waals surface area contributed by atoms with Gasteiger partial charge in [0.1, 0.15) is 0 Å². The van der Waals surface area contributed by atoms with E-state index in [0.29, 0.717) is 36.2 Å². The SMILES string of the molecule is CCOC(=O)c1cccc(NC(=O)[C@@H]2CCCN(S(=O)(=O)N(C)C)C2)c1C. The molecule has 27 heavy (non-hydrogen) atoms. The summed E-state index contributed by atoms with van der Waals surface area (Å²) in [5.41, 5.74) is 1.55. The first-order valence-corrected chi connectivity index (χ1v) is 10.3. The summed E-state index contributed by atoms with van der Waals surface area (Å²) in [7, 11) is -0.595. The standard InChI is InChI=1S/C18H27N3O5S/c1-5-26-18(23)15-9-6-10-16(13(15)2)19-17(22)14-8-7-11-21(12-14)27(24,25)20(3)4/h6,9-10,14H,5,7-8,11-12H2,1-4H3,(H,19,22)/t14-/m1/s1. The van der Waals surface area contributed by atoms with Crippen molar-refractivity contribution in [2.45, 2.75) is 26.7 Å². The van der Waals surface area contributed by atoms with Gasteiger partial charge < -0.3 is 10.1 Å². The molecule has 9 heteroatoms. The molecular weight excluding hydrogens is 370 g/mol. The molecule has 1 saturated heterocycles. The molecule has 2 rings (SSSR count). The van der Waals surface area contributed by atoms with Gasteiger partial charge in [0.05, 0.1) is 18.1 Å². The fourth-order valence-corrected chi connectivity index (χ4v) is 4.22. The van der Waals surface area contributed by atoms with Gasteiger partial charge in [-0.15, -0.1) is 0 Å². The Hall–Kier alpha value is -1.97. The predicted molar refractivity (Wildman–Crippen MR) is 103 cm³/mol. The van der Waals surface area contributed by atoms with Crippen LogP contribution in [0.3, 0.4) is 0 Å². The highest BCUT2D eigenvalue weighted by atomic mass is 32.2. The zero-order valence-corrected chi connectivity index (χ0v) is 17.0. The Kier molecular flexibility index (Phi) is 6.96. The van der Waals surface area contributed by atoms with Gasteiger partial charge in [0, 0.05) is 32.9 Å². The molecule has 0 saturated carbocycles. The summed E-state index contributed by atoms with van der Waals surface area (Å²) in [5.74, 6) is -1.14. The second-order valence-electron chi connectivity index (χ2n) is 6.68. The highest BCUT2D eigenvalue weighted by Gasteiger charge is 2.33. The molecule has 1 N–H and O–H groups in total. The highest BCUT2D eigenvalue weighted by Crippen LogP contribution is 2.24. The monoisotopic (exact) mass is 397 g/mol. The Morgan fingerprint density at radius 1 is 1.33 bits per heavy atom. The summed E-state index contributed by atoms with van der Waals surface area (Å²) in [6, 6.07) is 5.04. The molecule has 8 nitrogen and oxygen atoms in total. The van der Waals surface area contributed by atoms with Gasteiger partial charge in [-0.2, -0.15) is 17.0 Å². The van der Waals surface area contributed by atoms with Crippen molar-refractivity contribution < 1.29 is 22.7 Å². The average molecular weight is 397 g/mol. The molecule has 0 unspecified atom stereocenters. The summed E-state index contributed by atoms with van der Waals surface area (Å²) in [6.45, 7) is 4.29. The smallest absolute Gasteiger partial charge is 0.338 e. The molecule has 1 aliphatic heterocycles. The number of esters is 1. The van der Waals surface area contributed by atoms with Crippen molar-refractivity contribution in [3.05, 3.63) is 29.3 Å². The minimum Gasteiger partial charge on any atom is -0.462 e. The molecule has 0 aromatic heterocycles. The van der Waals surface area contributed by atoms with E-state index in [0.717, 1.165) is 4.31 Å². The third kappa shape index (κ3) is 4.85. The molecule has 1 aliphatic rings. The molecule has 0 spiro atoms. The van der Waals surface area contributed by atoms with Crippen molar-refractivity contribution in [2.75, 3.05) is 39.1 Å². The third-order valence-corrected chi connectivity index (χ3v) is 6.54. The van der Waals surface area contributed by atoms with E-state index < -0.39 is 22.1 Å². The molecule has 1 fully saturated rings. The van der Waals surface area contributed by atoms with Crippen LogP contribution in [-0.2, 0) is 19.7 Å². The average Bonchev–Trinajstić information content (AvgIpc) is 2.63. The number of anilines is 1. The first-order valence-electron chi connectivity index (χ1n) is 8.93. The Morgan fingerprint density at radius 3 is 2.67 bits per heavy atom. The van der Waals surface area contributed by atoms with Crippen molar-refractivity contribution in [3.8, 4) is 0 Å². The summed E-state index contributed by atoms with van der Waals surface area (Å²) in [6.07, 6.45) is 1.23. The molecule has 0 bridgehead atoms. The van der Waals surface area contributed by atoms with Crippen LogP contribution >= 0.6 is 0 Å². The summed E-state index contributed by atoms with van der Waals surface area (Å²) >= 11 is 0. The van der Waals surface area contributed by atoms with E-state index in [9.17, 15) is 18.0 Å². The van der Waals surface area contributed by atoms with Gasteiger partial charge in [0.15, 0.2) is 0 Å². The van der Waals surface area contributed by atoms with E-state index in [-0.39, 0.29) is 19.1 Å². The number of ether oxygens (including phenoxy) is 1. The van der Waals surface area contributed by atoms with E-state index >= 15 is 0 Å². The van der Waals surface area contributed by atoms with Crippen molar-refractivity contribution in [2.24, 2.45) is 5.92 Å². The first-order chi connectivity index (χ1) is 12.7. The van der Waals surface area contributed by atoms with Crippen LogP contribution in [0.15, 0.2) is 18.2 Å². The minimum absolute atomic E-state index is 0.142. The maximum absolute atomic E-state index is 12.7. The zero-order chi connectivity index (χ0) is 20.2. The number of hydrogen-bond donors (Lipinski definition) is 1. The quantitative estimate of drug-likeness (QED) is 0.736. The summed E-state index contributed by atoms with van der Waals surface area (Å²) in [4.78, 5) is 24.7. The number of hydrogen-bond acceptors (Lipinski definition) is 5. The Labute approximate surface area is 160 Å². The molecule has 1 atom stereocenters. The van der Waals surface area contributed by atoms with Crippen molar-refractivity contribution in [1.82, 2.24) is 8.61 Å². The van der Waals surface area contributed by atoms with Crippen LogP contribution in [0.4, 0.5) is 5.69 Å². The maximum atomic E-state index is 12.7. The lowest BCUT2D eigenvalue weighted by Gasteiger charge is -2.32. The van der Waals surface area contributed by atoms with Crippen LogP contribution in [-0.4, -0.2) is 62.7 Å².